The second-order valence-corrected chi connectivity index (χ2v) is 25.6. The SMILES string of the molecule is CCCCCCCCCCCCCCCCCC/C=C/C(O)C(CO)NC(=O)CCCCCCCCCCCCCCCC/C=C\CCCCCCCCCCCCCCOC(=O)CCCCCCCCCCCCCCCCCC. The summed E-state index contributed by atoms with van der Waals surface area (Å²) in [6.07, 6.45) is 89.9. The third-order valence-electron chi connectivity index (χ3n) is 17.5. The highest BCUT2D eigenvalue weighted by Crippen LogP contribution is 2.19. The van der Waals surface area contributed by atoms with E-state index in [1.807, 2.05) is 6.08 Å². The molecule has 0 rings (SSSR count). The van der Waals surface area contributed by atoms with Gasteiger partial charge in [-0.1, -0.05) is 372 Å². The van der Waals surface area contributed by atoms with Crippen LogP contribution in [0.25, 0.3) is 0 Å². The van der Waals surface area contributed by atoms with E-state index in [1.165, 1.54) is 353 Å². The third-order valence-corrected chi connectivity index (χ3v) is 17.5. The van der Waals surface area contributed by atoms with Crippen molar-refractivity contribution >= 4 is 11.9 Å². The van der Waals surface area contributed by atoms with Crippen LogP contribution >= 0.6 is 0 Å². The van der Waals surface area contributed by atoms with Gasteiger partial charge in [-0.05, 0) is 57.8 Å². The molecular formula is C75H145NO5. The molecule has 81 heavy (non-hydrogen) atoms. The zero-order valence-electron chi connectivity index (χ0n) is 55.0. The average molecular weight is 1140 g/mol. The topological polar surface area (TPSA) is 95.9 Å². The van der Waals surface area contributed by atoms with Crippen LogP contribution in [0.3, 0.4) is 0 Å². The molecular weight excluding hydrogens is 995 g/mol. The molecule has 1 amide bonds. The number of hydrogen-bond donors (Lipinski definition) is 3. The normalized spacial score (nSPS) is 12.6. The Morgan fingerprint density at radius 1 is 0.333 bits per heavy atom. The molecule has 0 heterocycles. The maximum atomic E-state index is 12.5. The van der Waals surface area contributed by atoms with Gasteiger partial charge >= 0.3 is 5.97 Å². The molecule has 2 unspecified atom stereocenters. The van der Waals surface area contributed by atoms with Crippen molar-refractivity contribution in [1.29, 1.82) is 0 Å². The number of esters is 1. The first kappa shape index (κ1) is 79.3. The molecule has 0 aliphatic heterocycles. The Bertz CT molecular complexity index is 1270. The fraction of sp³-hybridized carbons (Fsp3) is 0.920. The van der Waals surface area contributed by atoms with Crippen LogP contribution in [-0.4, -0.2) is 47.4 Å². The van der Waals surface area contributed by atoms with Gasteiger partial charge in [0.15, 0.2) is 0 Å². The summed E-state index contributed by atoms with van der Waals surface area (Å²) in [5.74, 6) is -0.0417. The highest BCUT2D eigenvalue weighted by atomic mass is 16.5. The third kappa shape index (κ3) is 67.3. The molecule has 2 atom stereocenters. The van der Waals surface area contributed by atoms with Crippen molar-refractivity contribution < 1.29 is 24.5 Å². The number of hydrogen-bond acceptors (Lipinski definition) is 5. The van der Waals surface area contributed by atoms with E-state index in [1.54, 1.807) is 6.08 Å². The van der Waals surface area contributed by atoms with Crippen molar-refractivity contribution in [3.05, 3.63) is 24.3 Å². The highest BCUT2D eigenvalue weighted by Gasteiger charge is 2.18. The zero-order chi connectivity index (χ0) is 58.5. The maximum absolute atomic E-state index is 12.5. The van der Waals surface area contributed by atoms with Crippen molar-refractivity contribution in [3.8, 4) is 0 Å². The average Bonchev–Trinajstić information content (AvgIpc) is 3.47. The molecule has 0 bridgehead atoms. The van der Waals surface area contributed by atoms with Gasteiger partial charge in [0.2, 0.25) is 5.91 Å². The Morgan fingerprint density at radius 2 is 0.580 bits per heavy atom. The quantitative estimate of drug-likeness (QED) is 0.0320. The molecule has 0 aliphatic rings. The summed E-state index contributed by atoms with van der Waals surface area (Å²) in [5.41, 5.74) is 0. The first-order valence-corrected chi connectivity index (χ1v) is 37.1. The van der Waals surface area contributed by atoms with Crippen molar-refractivity contribution in [3.63, 3.8) is 0 Å². The number of amides is 1. The Hall–Kier alpha value is -1.66. The first-order chi connectivity index (χ1) is 40.0. The number of rotatable bonds is 70. The largest absolute Gasteiger partial charge is 0.466 e. The number of aliphatic hydroxyl groups excluding tert-OH is 2. The predicted octanol–water partition coefficient (Wildman–Crippen LogP) is 24.1. The van der Waals surface area contributed by atoms with Crippen LogP contribution in [0.15, 0.2) is 24.3 Å². The molecule has 3 N–H and O–H groups in total. The lowest BCUT2D eigenvalue weighted by atomic mass is 10.0. The van der Waals surface area contributed by atoms with Crippen LogP contribution in [0.1, 0.15) is 418 Å². The molecule has 0 radical (unpaired) electrons. The van der Waals surface area contributed by atoms with Gasteiger partial charge in [-0.3, -0.25) is 9.59 Å². The summed E-state index contributed by atoms with van der Waals surface area (Å²) in [5, 5.41) is 23.2. The van der Waals surface area contributed by atoms with E-state index in [4.69, 9.17) is 4.74 Å². The Kier molecular flexibility index (Phi) is 69.4. The molecule has 480 valence electrons. The van der Waals surface area contributed by atoms with E-state index in [0.717, 1.165) is 38.5 Å². The van der Waals surface area contributed by atoms with Gasteiger partial charge in [0.25, 0.3) is 0 Å². The Morgan fingerprint density at radius 3 is 0.877 bits per heavy atom. The fourth-order valence-corrected chi connectivity index (χ4v) is 11.8. The van der Waals surface area contributed by atoms with Gasteiger partial charge < -0.3 is 20.3 Å². The number of carbonyl (C=O) groups excluding carboxylic acids is 2. The number of allylic oxidation sites excluding steroid dienone is 3. The van der Waals surface area contributed by atoms with Crippen LogP contribution in [0.4, 0.5) is 0 Å². The van der Waals surface area contributed by atoms with Crippen molar-refractivity contribution in [2.24, 2.45) is 0 Å². The summed E-state index contributed by atoms with van der Waals surface area (Å²) in [6.45, 7) is 4.95. The van der Waals surface area contributed by atoms with Crippen LogP contribution in [0, 0.1) is 0 Å². The van der Waals surface area contributed by atoms with Gasteiger partial charge in [0, 0.05) is 12.8 Å². The van der Waals surface area contributed by atoms with Gasteiger partial charge in [-0.25, -0.2) is 0 Å². The molecule has 0 aliphatic carbocycles. The summed E-state index contributed by atoms with van der Waals surface area (Å²) >= 11 is 0. The first-order valence-electron chi connectivity index (χ1n) is 37.1. The molecule has 0 aromatic rings. The zero-order valence-corrected chi connectivity index (χ0v) is 55.0. The summed E-state index contributed by atoms with van der Waals surface area (Å²) in [6, 6.07) is -0.627. The second-order valence-electron chi connectivity index (χ2n) is 25.6. The van der Waals surface area contributed by atoms with Crippen molar-refractivity contribution in [1.82, 2.24) is 5.32 Å². The van der Waals surface area contributed by atoms with Gasteiger partial charge in [-0.2, -0.15) is 0 Å². The van der Waals surface area contributed by atoms with Crippen LogP contribution in [0.2, 0.25) is 0 Å². The minimum Gasteiger partial charge on any atom is -0.466 e. The molecule has 6 nitrogen and oxygen atoms in total. The van der Waals surface area contributed by atoms with E-state index in [2.05, 4.69) is 31.3 Å². The molecule has 0 fully saturated rings. The molecule has 0 spiro atoms. The number of aliphatic hydroxyl groups is 2. The van der Waals surface area contributed by atoms with Crippen molar-refractivity contribution in [2.45, 2.75) is 431 Å². The number of ether oxygens (including phenoxy) is 1. The molecule has 6 heteroatoms. The minimum atomic E-state index is -0.844. The molecule has 0 aromatic carbocycles. The van der Waals surface area contributed by atoms with E-state index < -0.39 is 12.1 Å². The lowest BCUT2D eigenvalue weighted by Crippen LogP contribution is -2.45. The smallest absolute Gasteiger partial charge is 0.305 e. The van der Waals surface area contributed by atoms with E-state index in [-0.39, 0.29) is 18.5 Å². The van der Waals surface area contributed by atoms with Crippen molar-refractivity contribution in [2.75, 3.05) is 13.2 Å². The van der Waals surface area contributed by atoms with E-state index in [9.17, 15) is 19.8 Å². The fourth-order valence-electron chi connectivity index (χ4n) is 11.8. The highest BCUT2D eigenvalue weighted by molar-refractivity contribution is 5.76. The minimum absolute atomic E-state index is 0.0211. The Labute approximate surface area is 507 Å². The summed E-state index contributed by atoms with van der Waals surface area (Å²) in [4.78, 5) is 24.6. The predicted molar refractivity (Wildman–Crippen MR) is 356 cm³/mol. The maximum Gasteiger partial charge on any atom is 0.305 e. The number of unbranched alkanes of at least 4 members (excludes halogenated alkanes) is 57. The second kappa shape index (κ2) is 70.8. The van der Waals surface area contributed by atoms with E-state index >= 15 is 0 Å². The lowest BCUT2D eigenvalue weighted by molar-refractivity contribution is -0.143. The van der Waals surface area contributed by atoms with Crippen LogP contribution in [-0.2, 0) is 14.3 Å². The summed E-state index contributed by atoms with van der Waals surface area (Å²) in [7, 11) is 0. The number of carbonyl (C=O) groups is 2. The van der Waals surface area contributed by atoms with Gasteiger partial charge in [0.1, 0.15) is 0 Å². The van der Waals surface area contributed by atoms with E-state index in [0.29, 0.717) is 19.4 Å². The summed E-state index contributed by atoms with van der Waals surface area (Å²) < 4.78 is 5.51. The standard InChI is InChI=1S/C75H145NO5/c1-3-5-7-9-11-13-15-17-19-21-36-39-43-47-51-55-59-63-67-73(78)72(71-77)76-74(79)68-64-60-56-52-48-44-40-37-34-32-30-28-26-24-22-23-25-27-29-31-33-35-38-42-46-50-54-58-62-66-70-81-75(80)69-65-61-57-53-49-45-41-20-18-16-14-12-10-8-6-4-2/h23,25,63,67,72-73,77-78H,3-22,24,26-62,64-66,68-71H2,1-2H3,(H,76,79)/b25-23-,67-63+. The molecule has 0 saturated heterocycles. The monoisotopic (exact) mass is 1140 g/mol. The lowest BCUT2D eigenvalue weighted by Gasteiger charge is -2.20. The number of nitrogens with one attached hydrogen (secondary N) is 1. The Balaban J connectivity index is 3.37. The van der Waals surface area contributed by atoms with Gasteiger partial charge in [0.05, 0.1) is 25.4 Å². The van der Waals surface area contributed by atoms with Crippen LogP contribution in [0.5, 0.6) is 0 Å². The molecule has 0 aromatic heterocycles. The van der Waals surface area contributed by atoms with Crippen LogP contribution < -0.4 is 5.32 Å². The van der Waals surface area contributed by atoms with Gasteiger partial charge in [-0.15, -0.1) is 0 Å². The molecule has 0 saturated carbocycles.